The van der Waals surface area contributed by atoms with Crippen LogP contribution in [0.2, 0.25) is 0 Å². The largest absolute Gasteiger partial charge is 0.494 e. The first-order valence-electron chi connectivity index (χ1n) is 9.80. The van der Waals surface area contributed by atoms with Crippen LogP contribution in [0.3, 0.4) is 0 Å². The zero-order valence-electron chi connectivity index (χ0n) is 15.8. The Balaban J connectivity index is 1.62. The van der Waals surface area contributed by atoms with Crippen LogP contribution in [0.4, 0.5) is 5.69 Å². The van der Waals surface area contributed by atoms with E-state index in [9.17, 15) is 0 Å². The van der Waals surface area contributed by atoms with E-state index in [2.05, 4.69) is 27.8 Å². The highest BCUT2D eigenvalue weighted by molar-refractivity contribution is 9.10. The van der Waals surface area contributed by atoms with Crippen molar-refractivity contribution in [2.75, 3.05) is 6.61 Å². The monoisotopic (exact) mass is 415 g/mol. The maximum absolute atomic E-state index is 5.82. The molecular formula is C23H30BrNO. The average molecular weight is 416 g/mol. The van der Waals surface area contributed by atoms with Crippen molar-refractivity contribution < 1.29 is 4.74 Å². The highest BCUT2D eigenvalue weighted by atomic mass is 79.9. The fraction of sp³-hybridized carbons (Fsp3) is 0.435. The van der Waals surface area contributed by atoms with Crippen molar-refractivity contribution in [1.29, 1.82) is 0 Å². The van der Waals surface area contributed by atoms with Crippen LogP contribution in [0, 0.1) is 0 Å². The molecule has 0 heterocycles. The van der Waals surface area contributed by atoms with Gasteiger partial charge in [-0.15, -0.1) is 0 Å². The number of aliphatic imine (C=N–C) groups is 1. The maximum atomic E-state index is 5.82. The van der Waals surface area contributed by atoms with E-state index in [1.54, 1.807) is 0 Å². The average Bonchev–Trinajstić information content (AvgIpc) is 2.67. The molecule has 0 radical (unpaired) electrons. The number of nitrogens with zero attached hydrogens (tertiary/aromatic N) is 1. The van der Waals surface area contributed by atoms with Gasteiger partial charge in [0.25, 0.3) is 0 Å². The highest BCUT2D eigenvalue weighted by Crippen LogP contribution is 2.19. The molecule has 2 nitrogen and oxygen atoms in total. The van der Waals surface area contributed by atoms with E-state index in [-0.39, 0.29) is 0 Å². The molecule has 0 aliphatic carbocycles. The Morgan fingerprint density at radius 1 is 0.808 bits per heavy atom. The Hall–Kier alpha value is -1.61. The van der Waals surface area contributed by atoms with Gasteiger partial charge in [-0.05, 0) is 48.4 Å². The minimum atomic E-state index is 0.802. The molecule has 0 aliphatic heterocycles. The van der Waals surface area contributed by atoms with Crippen LogP contribution in [0.25, 0.3) is 0 Å². The minimum absolute atomic E-state index is 0.802. The molecule has 3 heteroatoms. The number of ether oxygens (including phenoxy) is 1. The summed E-state index contributed by atoms with van der Waals surface area (Å²) in [7, 11) is 0. The summed E-state index contributed by atoms with van der Waals surface area (Å²) < 4.78 is 6.90. The van der Waals surface area contributed by atoms with E-state index >= 15 is 0 Å². The van der Waals surface area contributed by atoms with Gasteiger partial charge in [-0.1, -0.05) is 79.9 Å². The van der Waals surface area contributed by atoms with E-state index in [1.165, 1.54) is 44.9 Å². The predicted molar refractivity (Wildman–Crippen MR) is 116 cm³/mol. The van der Waals surface area contributed by atoms with Crippen molar-refractivity contribution in [2.45, 2.75) is 58.3 Å². The lowest BCUT2D eigenvalue weighted by atomic mass is 10.1. The summed E-state index contributed by atoms with van der Waals surface area (Å²) in [6.45, 7) is 3.06. The molecule has 0 aromatic heterocycles. The van der Waals surface area contributed by atoms with Crippen molar-refractivity contribution in [3.63, 3.8) is 0 Å². The fourth-order valence-electron chi connectivity index (χ4n) is 2.75. The molecule has 0 fully saturated rings. The molecule has 0 spiro atoms. The Kier molecular flexibility index (Phi) is 10.1. The highest BCUT2D eigenvalue weighted by Gasteiger charge is 1.96. The number of rotatable bonds is 12. The van der Waals surface area contributed by atoms with Crippen LogP contribution < -0.4 is 4.74 Å². The third-order valence-electron chi connectivity index (χ3n) is 4.34. The molecule has 26 heavy (non-hydrogen) atoms. The van der Waals surface area contributed by atoms with Crippen molar-refractivity contribution in [3.8, 4) is 5.75 Å². The summed E-state index contributed by atoms with van der Waals surface area (Å²) in [5.41, 5.74) is 2.02. The van der Waals surface area contributed by atoms with E-state index in [0.717, 1.165) is 34.5 Å². The lowest BCUT2D eigenvalue weighted by molar-refractivity contribution is 0.304. The van der Waals surface area contributed by atoms with Crippen LogP contribution >= 0.6 is 15.9 Å². The van der Waals surface area contributed by atoms with Gasteiger partial charge >= 0.3 is 0 Å². The van der Waals surface area contributed by atoms with Crippen molar-refractivity contribution >= 4 is 27.8 Å². The second-order valence-electron chi connectivity index (χ2n) is 6.63. The molecule has 0 atom stereocenters. The second kappa shape index (κ2) is 12.7. The minimum Gasteiger partial charge on any atom is -0.494 e. The molecule has 0 unspecified atom stereocenters. The normalized spacial score (nSPS) is 11.2. The lowest BCUT2D eigenvalue weighted by Gasteiger charge is -2.06. The Bertz CT molecular complexity index is 634. The van der Waals surface area contributed by atoms with Gasteiger partial charge < -0.3 is 4.74 Å². The van der Waals surface area contributed by atoms with Crippen LogP contribution in [-0.2, 0) is 0 Å². The Morgan fingerprint density at radius 2 is 1.42 bits per heavy atom. The number of benzene rings is 2. The number of hydrogen-bond acceptors (Lipinski definition) is 2. The predicted octanol–water partition coefficient (Wildman–Crippen LogP) is 7.72. The first-order valence-corrected chi connectivity index (χ1v) is 10.6. The third kappa shape index (κ3) is 8.66. The van der Waals surface area contributed by atoms with E-state index in [1.807, 2.05) is 54.7 Å². The van der Waals surface area contributed by atoms with Gasteiger partial charge in [0, 0.05) is 10.7 Å². The molecule has 140 valence electrons. The molecule has 2 aromatic carbocycles. The van der Waals surface area contributed by atoms with Gasteiger partial charge in [0.1, 0.15) is 5.75 Å². The van der Waals surface area contributed by atoms with Crippen LogP contribution in [0.1, 0.15) is 63.9 Å². The standard InChI is InChI=1S/C23H30BrNO/c1-2-3-4-5-6-7-8-9-18-26-23-16-14-22(15-17-23)25-19-20-10-12-21(24)13-11-20/h10-17,19H,2-9,18H2,1H3. The molecule has 2 rings (SSSR count). The quantitative estimate of drug-likeness (QED) is 0.256. The van der Waals surface area contributed by atoms with E-state index in [0.29, 0.717) is 0 Å². The topological polar surface area (TPSA) is 21.6 Å². The maximum Gasteiger partial charge on any atom is 0.119 e. The second-order valence-corrected chi connectivity index (χ2v) is 7.54. The number of unbranched alkanes of at least 4 members (excludes halogenated alkanes) is 7. The molecule has 2 aromatic rings. The number of halogens is 1. The van der Waals surface area contributed by atoms with Crippen molar-refractivity contribution in [3.05, 3.63) is 58.6 Å². The van der Waals surface area contributed by atoms with Crippen LogP contribution in [-0.4, -0.2) is 12.8 Å². The van der Waals surface area contributed by atoms with Gasteiger partial charge in [-0.3, -0.25) is 4.99 Å². The molecule has 0 N–H and O–H groups in total. The third-order valence-corrected chi connectivity index (χ3v) is 4.86. The molecule has 0 saturated heterocycles. The van der Waals surface area contributed by atoms with Crippen LogP contribution in [0.15, 0.2) is 58.0 Å². The summed E-state index contributed by atoms with van der Waals surface area (Å²) in [6, 6.07) is 16.1. The summed E-state index contributed by atoms with van der Waals surface area (Å²) in [5.74, 6) is 0.926. The zero-order valence-corrected chi connectivity index (χ0v) is 17.4. The smallest absolute Gasteiger partial charge is 0.119 e. The summed E-state index contributed by atoms with van der Waals surface area (Å²) in [6.07, 6.45) is 12.5. The Labute approximate surface area is 166 Å². The fourth-order valence-corrected chi connectivity index (χ4v) is 3.02. The molecule has 0 aliphatic rings. The van der Waals surface area contributed by atoms with Gasteiger partial charge in [-0.2, -0.15) is 0 Å². The molecule has 0 saturated carbocycles. The summed E-state index contributed by atoms with van der Waals surface area (Å²) >= 11 is 3.44. The summed E-state index contributed by atoms with van der Waals surface area (Å²) in [4.78, 5) is 4.50. The van der Waals surface area contributed by atoms with Gasteiger partial charge in [0.2, 0.25) is 0 Å². The molecular weight excluding hydrogens is 386 g/mol. The first-order chi connectivity index (χ1) is 12.8. The van der Waals surface area contributed by atoms with E-state index in [4.69, 9.17) is 4.74 Å². The SMILES string of the molecule is CCCCCCCCCCOc1ccc(N=Cc2ccc(Br)cc2)cc1. The summed E-state index contributed by atoms with van der Waals surface area (Å²) in [5, 5.41) is 0. The number of hydrogen-bond donors (Lipinski definition) is 0. The zero-order chi connectivity index (χ0) is 18.5. The van der Waals surface area contributed by atoms with Crippen molar-refractivity contribution in [1.82, 2.24) is 0 Å². The van der Waals surface area contributed by atoms with Crippen LogP contribution in [0.5, 0.6) is 5.75 Å². The van der Waals surface area contributed by atoms with Gasteiger partial charge in [0.05, 0.1) is 12.3 Å². The molecule has 0 bridgehead atoms. The molecule has 0 amide bonds. The van der Waals surface area contributed by atoms with Gasteiger partial charge in [0.15, 0.2) is 0 Å². The van der Waals surface area contributed by atoms with E-state index < -0.39 is 0 Å². The Morgan fingerprint density at radius 3 is 2.08 bits per heavy atom. The first kappa shape index (κ1) is 20.7. The van der Waals surface area contributed by atoms with Gasteiger partial charge in [-0.25, -0.2) is 0 Å². The van der Waals surface area contributed by atoms with Crippen molar-refractivity contribution in [2.24, 2.45) is 4.99 Å². The lowest BCUT2D eigenvalue weighted by Crippen LogP contribution is -1.96.